The van der Waals surface area contributed by atoms with Gasteiger partial charge in [-0.05, 0) is 29.8 Å². The molecule has 158 valence electrons. The predicted molar refractivity (Wildman–Crippen MR) is 116 cm³/mol. The molecule has 0 saturated carbocycles. The Bertz CT molecular complexity index is 1270. The molecule has 0 saturated heterocycles. The summed E-state index contributed by atoms with van der Waals surface area (Å²) in [6.07, 6.45) is 2.11. The number of nitrogens with one attached hydrogen (secondary N) is 3. The van der Waals surface area contributed by atoms with Gasteiger partial charge in [-0.1, -0.05) is 18.2 Å². The van der Waals surface area contributed by atoms with Crippen molar-refractivity contribution in [2.24, 2.45) is 0 Å². The summed E-state index contributed by atoms with van der Waals surface area (Å²) >= 11 is 1.15. The van der Waals surface area contributed by atoms with Gasteiger partial charge in [-0.15, -0.1) is 11.3 Å². The molecule has 4 rings (SSSR count). The zero-order valence-electron chi connectivity index (χ0n) is 16.4. The normalized spacial score (nSPS) is 12.0. The van der Waals surface area contributed by atoms with Crippen molar-refractivity contribution in [3.63, 3.8) is 0 Å². The van der Waals surface area contributed by atoms with Gasteiger partial charge in [0.1, 0.15) is 6.04 Å². The van der Waals surface area contributed by atoms with E-state index < -0.39 is 23.6 Å². The lowest BCUT2D eigenvalue weighted by atomic mass is 10.0. The molecule has 3 N–H and O–H groups in total. The van der Waals surface area contributed by atoms with Crippen molar-refractivity contribution >= 4 is 39.2 Å². The third kappa shape index (κ3) is 4.61. The van der Waals surface area contributed by atoms with E-state index in [1.165, 1.54) is 13.0 Å². The summed E-state index contributed by atoms with van der Waals surface area (Å²) in [7, 11) is 0. The van der Waals surface area contributed by atoms with Crippen LogP contribution in [0.5, 0.6) is 0 Å². The number of thiazole rings is 1. The van der Waals surface area contributed by atoms with Crippen molar-refractivity contribution in [2.45, 2.75) is 19.4 Å². The molecule has 0 bridgehead atoms. The average Bonchev–Trinajstić information content (AvgIpc) is 3.37. The van der Waals surface area contributed by atoms with Gasteiger partial charge in [0.15, 0.2) is 16.8 Å². The molecule has 1 unspecified atom stereocenters. The van der Waals surface area contributed by atoms with Gasteiger partial charge in [-0.25, -0.2) is 13.8 Å². The van der Waals surface area contributed by atoms with Crippen molar-refractivity contribution in [3.8, 4) is 11.3 Å². The Morgan fingerprint density at radius 2 is 1.97 bits per heavy atom. The van der Waals surface area contributed by atoms with Crippen LogP contribution in [0.3, 0.4) is 0 Å². The number of H-pyrrole nitrogens is 1. The smallest absolute Gasteiger partial charge is 0.249 e. The van der Waals surface area contributed by atoms with E-state index >= 15 is 0 Å². The summed E-state index contributed by atoms with van der Waals surface area (Å²) in [5.41, 5.74) is 2.64. The summed E-state index contributed by atoms with van der Waals surface area (Å²) in [4.78, 5) is 32.0. The van der Waals surface area contributed by atoms with Crippen LogP contribution < -0.4 is 10.6 Å². The van der Waals surface area contributed by atoms with Crippen LogP contribution in [0.15, 0.2) is 54.0 Å². The van der Waals surface area contributed by atoms with E-state index in [4.69, 9.17) is 0 Å². The van der Waals surface area contributed by atoms with Gasteiger partial charge in [0.25, 0.3) is 0 Å². The van der Waals surface area contributed by atoms with Gasteiger partial charge in [0, 0.05) is 41.4 Å². The maximum absolute atomic E-state index is 13.5. The number of hydrogen-bond donors (Lipinski definition) is 3. The van der Waals surface area contributed by atoms with E-state index in [1.54, 1.807) is 5.38 Å². The standard InChI is InChI=1S/C22H18F2N4O2S/c1-12(29)26-19(9-14-10-25-18-5-3-2-4-15(14)18)21(30)28-22-27-20(11-31-22)13-6-7-16(23)17(24)8-13/h2-8,10-11,19,25H,9H2,1H3,(H,26,29)(H,27,28,30). The second-order valence-corrected chi connectivity index (χ2v) is 7.83. The highest BCUT2D eigenvalue weighted by Crippen LogP contribution is 2.26. The number of amides is 2. The Labute approximate surface area is 180 Å². The molecule has 1 atom stereocenters. The Morgan fingerprint density at radius 1 is 1.16 bits per heavy atom. The minimum atomic E-state index is -0.972. The lowest BCUT2D eigenvalue weighted by Gasteiger charge is -2.16. The van der Waals surface area contributed by atoms with E-state index in [1.807, 2.05) is 30.5 Å². The molecule has 0 aliphatic rings. The monoisotopic (exact) mass is 440 g/mol. The topological polar surface area (TPSA) is 86.9 Å². The summed E-state index contributed by atoms with van der Waals surface area (Å²) in [6, 6.07) is 10.4. The van der Waals surface area contributed by atoms with E-state index in [-0.39, 0.29) is 12.3 Å². The van der Waals surface area contributed by atoms with Crippen LogP contribution in [-0.2, 0) is 16.0 Å². The maximum Gasteiger partial charge on any atom is 0.249 e. The van der Waals surface area contributed by atoms with Gasteiger partial charge >= 0.3 is 0 Å². The second kappa shape index (κ2) is 8.65. The number of fused-ring (bicyclic) bond motifs is 1. The largest absolute Gasteiger partial charge is 0.361 e. The number of para-hydroxylation sites is 1. The molecule has 0 fully saturated rings. The number of carbonyl (C=O) groups excluding carboxylic acids is 2. The van der Waals surface area contributed by atoms with Crippen molar-refractivity contribution in [3.05, 3.63) is 71.2 Å². The van der Waals surface area contributed by atoms with Crippen LogP contribution in [0, 0.1) is 11.6 Å². The van der Waals surface area contributed by atoms with Crippen LogP contribution in [0.1, 0.15) is 12.5 Å². The van der Waals surface area contributed by atoms with Gasteiger partial charge in [0.2, 0.25) is 11.8 Å². The molecule has 0 aliphatic carbocycles. The van der Waals surface area contributed by atoms with Crippen molar-refractivity contribution in [1.82, 2.24) is 15.3 Å². The molecule has 31 heavy (non-hydrogen) atoms. The molecular weight excluding hydrogens is 422 g/mol. The number of rotatable bonds is 6. The number of carbonyl (C=O) groups is 2. The molecule has 2 heterocycles. The fraction of sp³-hybridized carbons (Fsp3) is 0.136. The quantitative estimate of drug-likeness (QED) is 0.419. The maximum atomic E-state index is 13.5. The van der Waals surface area contributed by atoms with Crippen LogP contribution in [0.4, 0.5) is 13.9 Å². The van der Waals surface area contributed by atoms with Gasteiger partial charge < -0.3 is 15.6 Å². The van der Waals surface area contributed by atoms with Crippen molar-refractivity contribution < 1.29 is 18.4 Å². The number of halogens is 2. The van der Waals surface area contributed by atoms with Crippen molar-refractivity contribution in [1.29, 1.82) is 0 Å². The van der Waals surface area contributed by atoms with E-state index in [0.29, 0.717) is 16.4 Å². The molecule has 2 aromatic heterocycles. The van der Waals surface area contributed by atoms with Crippen molar-refractivity contribution in [2.75, 3.05) is 5.32 Å². The minimum Gasteiger partial charge on any atom is -0.361 e. The van der Waals surface area contributed by atoms with Crippen LogP contribution in [0.2, 0.25) is 0 Å². The molecule has 0 aliphatic heterocycles. The van der Waals surface area contributed by atoms with Gasteiger partial charge in [-0.2, -0.15) is 0 Å². The predicted octanol–water partition coefficient (Wildman–Crippen LogP) is 4.26. The molecule has 2 amide bonds. The molecule has 2 aromatic carbocycles. The van der Waals surface area contributed by atoms with Crippen LogP contribution >= 0.6 is 11.3 Å². The fourth-order valence-electron chi connectivity index (χ4n) is 3.29. The number of nitrogens with zero attached hydrogens (tertiary/aromatic N) is 1. The van der Waals surface area contributed by atoms with Gasteiger partial charge in [-0.3, -0.25) is 9.59 Å². The molecule has 4 aromatic rings. The number of aromatic nitrogens is 2. The highest BCUT2D eigenvalue weighted by atomic mass is 32.1. The summed E-state index contributed by atoms with van der Waals surface area (Å²) < 4.78 is 26.6. The Hall–Kier alpha value is -3.59. The number of aromatic amines is 1. The van der Waals surface area contributed by atoms with Crippen LogP contribution in [0.25, 0.3) is 22.2 Å². The zero-order chi connectivity index (χ0) is 22.0. The Morgan fingerprint density at radius 3 is 2.74 bits per heavy atom. The highest BCUT2D eigenvalue weighted by Gasteiger charge is 2.22. The second-order valence-electron chi connectivity index (χ2n) is 6.97. The lowest BCUT2D eigenvalue weighted by molar-refractivity contribution is -0.125. The number of hydrogen-bond acceptors (Lipinski definition) is 4. The lowest BCUT2D eigenvalue weighted by Crippen LogP contribution is -2.44. The number of benzene rings is 2. The third-order valence-corrected chi connectivity index (χ3v) is 5.50. The molecule has 6 nitrogen and oxygen atoms in total. The summed E-state index contributed by atoms with van der Waals surface area (Å²) in [6.45, 7) is 1.35. The zero-order valence-corrected chi connectivity index (χ0v) is 17.2. The first-order valence-corrected chi connectivity index (χ1v) is 10.3. The highest BCUT2D eigenvalue weighted by molar-refractivity contribution is 7.14. The first-order chi connectivity index (χ1) is 14.9. The first-order valence-electron chi connectivity index (χ1n) is 9.44. The van der Waals surface area contributed by atoms with E-state index in [2.05, 4.69) is 20.6 Å². The summed E-state index contributed by atoms with van der Waals surface area (Å²) in [5, 5.41) is 8.27. The third-order valence-electron chi connectivity index (χ3n) is 4.74. The first kappa shape index (κ1) is 20.7. The van der Waals surface area contributed by atoms with Crippen LogP contribution in [-0.4, -0.2) is 27.8 Å². The minimum absolute atomic E-state index is 0.289. The molecule has 0 spiro atoms. The molecule has 9 heteroatoms. The Kier molecular flexibility index (Phi) is 5.77. The molecular formula is C22H18F2N4O2S. The molecule has 0 radical (unpaired) electrons. The fourth-order valence-corrected chi connectivity index (χ4v) is 4.01. The van der Waals surface area contributed by atoms with E-state index in [9.17, 15) is 18.4 Å². The number of anilines is 1. The Balaban J connectivity index is 1.52. The summed E-state index contributed by atoms with van der Waals surface area (Å²) in [5.74, 6) is -2.67. The van der Waals surface area contributed by atoms with Gasteiger partial charge in [0.05, 0.1) is 5.69 Å². The average molecular weight is 440 g/mol. The van der Waals surface area contributed by atoms with E-state index in [0.717, 1.165) is 39.9 Å². The SMILES string of the molecule is CC(=O)NC(Cc1c[nH]c2ccccc12)C(=O)Nc1nc(-c2ccc(F)c(F)c2)cs1.